The number of fused-ring (bicyclic) bond motifs is 1. The molecule has 1 aliphatic rings. The molecule has 10 heteroatoms. The Morgan fingerprint density at radius 3 is 2.72 bits per heavy atom. The molecule has 1 atom stereocenters. The van der Waals surface area contributed by atoms with Crippen LogP contribution in [0.5, 0.6) is 0 Å². The molecule has 29 heavy (non-hydrogen) atoms. The summed E-state index contributed by atoms with van der Waals surface area (Å²) in [5.41, 5.74) is 6.92. The van der Waals surface area contributed by atoms with E-state index in [4.69, 9.17) is 5.73 Å². The third-order valence-electron chi connectivity index (χ3n) is 4.83. The molecule has 1 aliphatic carbocycles. The van der Waals surface area contributed by atoms with Crippen molar-refractivity contribution in [1.29, 1.82) is 0 Å². The number of aryl methyl sites for hydroxylation is 1. The lowest BCUT2D eigenvalue weighted by molar-refractivity contribution is -0.122. The number of carbonyl (C=O) groups is 3. The fraction of sp³-hybridized carbons (Fsp3) is 0.368. The fourth-order valence-corrected chi connectivity index (χ4v) is 4.70. The van der Waals surface area contributed by atoms with E-state index >= 15 is 0 Å². The third-order valence-corrected chi connectivity index (χ3v) is 6.51. The number of hydrogen-bond donors (Lipinski definition) is 3. The number of primary amides is 1. The fourth-order valence-electron chi connectivity index (χ4n) is 3.17. The van der Waals surface area contributed by atoms with E-state index in [1.165, 1.54) is 11.3 Å². The Morgan fingerprint density at radius 2 is 2.07 bits per heavy atom. The van der Waals surface area contributed by atoms with Gasteiger partial charge in [-0.15, -0.1) is 11.3 Å². The first kappa shape index (κ1) is 21.4. The predicted molar refractivity (Wildman–Crippen MR) is 116 cm³/mol. The predicted octanol–water partition coefficient (Wildman–Crippen LogP) is 2.39. The van der Waals surface area contributed by atoms with Gasteiger partial charge < -0.3 is 16.4 Å². The van der Waals surface area contributed by atoms with E-state index in [-0.39, 0.29) is 18.4 Å². The molecule has 3 amide bonds. The highest BCUT2D eigenvalue weighted by Gasteiger charge is 2.28. The molecule has 0 aliphatic heterocycles. The molecule has 154 valence electrons. The number of rotatable bonds is 7. The van der Waals surface area contributed by atoms with Crippen molar-refractivity contribution >= 4 is 55.8 Å². The van der Waals surface area contributed by atoms with Crippen LogP contribution in [0.25, 0.3) is 0 Å². The number of anilines is 2. The second kappa shape index (κ2) is 9.02. The van der Waals surface area contributed by atoms with Crippen LogP contribution in [0, 0.1) is 0 Å². The molecule has 0 radical (unpaired) electrons. The van der Waals surface area contributed by atoms with E-state index in [2.05, 4.69) is 31.5 Å². The van der Waals surface area contributed by atoms with Gasteiger partial charge in [-0.05, 0) is 66.9 Å². The first-order valence-corrected chi connectivity index (χ1v) is 10.7. The Labute approximate surface area is 181 Å². The highest BCUT2D eigenvalue weighted by Crippen LogP contribution is 2.38. The molecule has 0 saturated carbocycles. The SMILES string of the molecule is CC(C(=O)Nc1sc2c(c1C(N)=O)CCC2)N(C)CC(=O)Nc1ccc(Br)cn1. The monoisotopic (exact) mass is 479 g/mol. The number of nitrogens with one attached hydrogen (secondary N) is 2. The number of likely N-dealkylation sites (N-methyl/N-ethyl adjacent to an activating group) is 1. The Morgan fingerprint density at radius 1 is 1.31 bits per heavy atom. The second-order valence-corrected chi connectivity index (χ2v) is 8.94. The molecule has 2 heterocycles. The standard InChI is InChI=1S/C19H22BrN5O3S/c1-10(25(2)9-15(26)23-14-7-6-11(20)8-22-14)18(28)24-19-16(17(21)27)12-4-3-5-13(12)29-19/h6-8,10H,3-5,9H2,1-2H3,(H2,21,27)(H,24,28)(H,22,23,26). The number of nitrogens with zero attached hydrogens (tertiary/aromatic N) is 2. The Hall–Kier alpha value is -2.30. The Balaban J connectivity index is 1.60. The summed E-state index contributed by atoms with van der Waals surface area (Å²) in [6, 6.07) is 2.87. The first-order valence-electron chi connectivity index (χ1n) is 9.13. The van der Waals surface area contributed by atoms with Crippen LogP contribution in [-0.4, -0.2) is 47.2 Å². The number of halogens is 1. The zero-order chi connectivity index (χ0) is 21.1. The molecule has 8 nitrogen and oxygen atoms in total. The summed E-state index contributed by atoms with van der Waals surface area (Å²) < 4.78 is 0.813. The Kier molecular flexibility index (Phi) is 6.66. The van der Waals surface area contributed by atoms with Crippen molar-refractivity contribution in [1.82, 2.24) is 9.88 Å². The number of aromatic nitrogens is 1. The zero-order valence-corrected chi connectivity index (χ0v) is 18.5. The van der Waals surface area contributed by atoms with Crippen molar-refractivity contribution in [2.75, 3.05) is 24.2 Å². The summed E-state index contributed by atoms with van der Waals surface area (Å²) in [5, 5.41) is 6.01. The van der Waals surface area contributed by atoms with Crippen LogP contribution in [0.15, 0.2) is 22.8 Å². The van der Waals surface area contributed by atoms with E-state index in [0.717, 1.165) is 34.2 Å². The molecular formula is C19H22BrN5O3S. The summed E-state index contributed by atoms with van der Waals surface area (Å²) in [5.74, 6) is -0.677. The summed E-state index contributed by atoms with van der Waals surface area (Å²) in [6.07, 6.45) is 4.29. The quantitative estimate of drug-likeness (QED) is 0.563. The number of thiophene rings is 1. The van der Waals surface area contributed by atoms with Crippen molar-refractivity contribution in [2.24, 2.45) is 5.73 Å². The molecule has 0 spiro atoms. The van der Waals surface area contributed by atoms with Gasteiger partial charge >= 0.3 is 0 Å². The van der Waals surface area contributed by atoms with Gasteiger partial charge in [0, 0.05) is 15.5 Å². The minimum atomic E-state index is -0.587. The summed E-state index contributed by atoms with van der Waals surface area (Å²) in [6.45, 7) is 1.71. The van der Waals surface area contributed by atoms with Gasteiger partial charge in [0.25, 0.3) is 5.91 Å². The summed E-state index contributed by atoms with van der Waals surface area (Å²) >= 11 is 4.69. The van der Waals surface area contributed by atoms with E-state index in [1.54, 1.807) is 37.2 Å². The maximum Gasteiger partial charge on any atom is 0.251 e. The van der Waals surface area contributed by atoms with Gasteiger partial charge in [0.1, 0.15) is 10.8 Å². The summed E-state index contributed by atoms with van der Waals surface area (Å²) in [4.78, 5) is 43.6. The number of amides is 3. The minimum absolute atomic E-state index is 0.00987. The lowest BCUT2D eigenvalue weighted by Gasteiger charge is -2.23. The third kappa shape index (κ3) is 5.01. The van der Waals surface area contributed by atoms with Crippen molar-refractivity contribution in [3.8, 4) is 0 Å². The van der Waals surface area contributed by atoms with Crippen LogP contribution in [0.4, 0.5) is 10.8 Å². The van der Waals surface area contributed by atoms with Gasteiger partial charge in [-0.25, -0.2) is 4.98 Å². The molecule has 2 aromatic rings. The van der Waals surface area contributed by atoms with Crippen molar-refractivity contribution in [3.05, 3.63) is 38.8 Å². The highest BCUT2D eigenvalue weighted by atomic mass is 79.9. The highest BCUT2D eigenvalue weighted by molar-refractivity contribution is 9.10. The van der Waals surface area contributed by atoms with Crippen molar-refractivity contribution < 1.29 is 14.4 Å². The zero-order valence-electron chi connectivity index (χ0n) is 16.1. The molecule has 0 aromatic carbocycles. The number of carbonyl (C=O) groups excluding carboxylic acids is 3. The largest absolute Gasteiger partial charge is 0.365 e. The van der Waals surface area contributed by atoms with E-state index in [9.17, 15) is 14.4 Å². The molecule has 0 fully saturated rings. The second-order valence-electron chi connectivity index (χ2n) is 6.92. The van der Waals surface area contributed by atoms with Crippen LogP contribution in [0.2, 0.25) is 0 Å². The molecular weight excluding hydrogens is 458 g/mol. The van der Waals surface area contributed by atoms with Gasteiger partial charge in [-0.2, -0.15) is 0 Å². The molecule has 2 aromatic heterocycles. The number of hydrogen-bond acceptors (Lipinski definition) is 6. The lowest BCUT2D eigenvalue weighted by atomic mass is 10.1. The van der Waals surface area contributed by atoms with Gasteiger partial charge in [0.15, 0.2) is 0 Å². The van der Waals surface area contributed by atoms with Crippen LogP contribution in [0.3, 0.4) is 0 Å². The summed E-state index contributed by atoms with van der Waals surface area (Å²) in [7, 11) is 1.68. The smallest absolute Gasteiger partial charge is 0.251 e. The lowest BCUT2D eigenvalue weighted by Crippen LogP contribution is -2.43. The average Bonchev–Trinajstić information content (AvgIpc) is 3.23. The van der Waals surface area contributed by atoms with E-state index in [1.807, 2.05) is 0 Å². The molecule has 3 rings (SSSR count). The first-order chi connectivity index (χ1) is 13.8. The maximum absolute atomic E-state index is 12.7. The molecule has 1 unspecified atom stereocenters. The van der Waals surface area contributed by atoms with Gasteiger partial charge in [-0.3, -0.25) is 19.3 Å². The van der Waals surface area contributed by atoms with Gasteiger partial charge in [0.05, 0.1) is 18.2 Å². The van der Waals surface area contributed by atoms with Crippen LogP contribution < -0.4 is 16.4 Å². The maximum atomic E-state index is 12.7. The minimum Gasteiger partial charge on any atom is -0.365 e. The molecule has 0 saturated heterocycles. The van der Waals surface area contributed by atoms with Crippen LogP contribution >= 0.6 is 27.3 Å². The molecule has 4 N–H and O–H groups in total. The topological polar surface area (TPSA) is 117 Å². The van der Waals surface area contributed by atoms with Gasteiger partial charge in [-0.1, -0.05) is 0 Å². The molecule has 0 bridgehead atoms. The Bertz CT molecular complexity index is 944. The van der Waals surface area contributed by atoms with E-state index < -0.39 is 11.9 Å². The van der Waals surface area contributed by atoms with Gasteiger partial charge in [0.2, 0.25) is 11.8 Å². The van der Waals surface area contributed by atoms with Crippen LogP contribution in [0.1, 0.15) is 34.1 Å². The number of nitrogens with two attached hydrogens (primary N) is 1. The van der Waals surface area contributed by atoms with Crippen molar-refractivity contribution in [3.63, 3.8) is 0 Å². The normalized spacial score (nSPS) is 13.8. The average molecular weight is 480 g/mol. The van der Waals surface area contributed by atoms with Crippen molar-refractivity contribution in [2.45, 2.75) is 32.2 Å². The number of pyridine rings is 1. The van der Waals surface area contributed by atoms with Crippen LogP contribution in [-0.2, 0) is 22.4 Å². The van der Waals surface area contributed by atoms with E-state index in [0.29, 0.717) is 16.4 Å².